The molecule has 0 saturated carbocycles. The third kappa shape index (κ3) is 4.82. The Balaban J connectivity index is 0.000000861. The molecule has 2 nitrogen and oxygen atoms in total. The van der Waals surface area contributed by atoms with Gasteiger partial charge in [0.2, 0.25) is 0 Å². The lowest BCUT2D eigenvalue weighted by atomic mass is 9.72. The lowest BCUT2D eigenvalue weighted by Gasteiger charge is -2.54. The molecule has 2 heteroatoms. The molecule has 110 valence electrons. The van der Waals surface area contributed by atoms with Crippen LogP contribution in [0.1, 0.15) is 53.4 Å². The van der Waals surface area contributed by atoms with Gasteiger partial charge in [0.05, 0.1) is 6.54 Å². The average Bonchev–Trinajstić information content (AvgIpc) is 2.42. The molecule has 2 aliphatic rings. The van der Waals surface area contributed by atoms with Gasteiger partial charge in [-0.1, -0.05) is 33.6 Å². The van der Waals surface area contributed by atoms with Crippen LogP contribution in [-0.4, -0.2) is 49.1 Å². The second-order valence-corrected chi connectivity index (χ2v) is 5.69. The normalized spacial score (nSPS) is 21.9. The molecule has 2 heterocycles. The minimum Gasteiger partial charge on any atom is -0.302 e. The van der Waals surface area contributed by atoms with Crippen LogP contribution in [0.2, 0.25) is 0 Å². The summed E-state index contributed by atoms with van der Waals surface area (Å²) in [4.78, 5) is 5.14. The fourth-order valence-corrected chi connectivity index (χ4v) is 3.17. The molecular formula is C17H32N2. The number of hydrogen-bond acceptors (Lipinski definition) is 2. The Labute approximate surface area is 120 Å². The third-order valence-electron chi connectivity index (χ3n) is 4.18. The van der Waals surface area contributed by atoms with Crippen molar-refractivity contribution in [3.8, 4) is 11.8 Å². The third-order valence-corrected chi connectivity index (χ3v) is 4.18. The highest BCUT2D eigenvalue weighted by atomic mass is 15.2. The first-order chi connectivity index (χ1) is 9.28. The van der Waals surface area contributed by atoms with Gasteiger partial charge in [0.25, 0.3) is 0 Å². The second-order valence-electron chi connectivity index (χ2n) is 5.69. The minimum absolute atomic E-state index is 0.684. The van der Waals surface area contributed by atoms with E-state index in [9.17, 15) is 0 Å². The van der Waals surface area contributed by atoms with Crippen molar-refractivity contribution in [3.05, 3.63) is 0 Å². The molecule has 2 saturated heterocycles. The van der Waals surface area contributed by atoms with Crippen molar-refractivity contribution in [2.24, 2.45) is 5.41 Å². The maximum Gasteiger partial charge on any atom is 0.0601 e. The SMILES string of the molecule is CC.CCC#CCN1CCC2(CC1)CN(CCC)C2. The summed E-state index contributed by atoms with van der Waals surface area (Å²) < 4.78 is 0. The predicted octanol–water partition coefficient (Wildman–Crippen LogP) is 3.23. The molecule has 0 radical (unpaired) electrons. The van der Waals surface area contributed by atoms with E-state index in [1.165, 1.54) is 52.0 Å². The summed E-state index contributed by atoms with van der Waals surface area (Å²) >= 11 is 0. The number of likely N-dealkylation sites (tertiary alicyclic amines) is 2. The van der Waals surface area contributed by atoms with E-state index >= 15 is 0 Å². The first-order valence-electron chi connectivity index (χ1n) is 8.18. The van der Waals surface area contributed by atoms with Crippen molar-refractivity contribution in [2.75, 3.05) is 39.3 Å². The first-order valence-corrected chi connectivity index (χ1v) is 8.18. The van der Waals surface area contributed by atoms with Crippen molar-refractivity contribution in [1.82, 2.24) is 9.80 Å². The van der Waals surface area contributed by atoms with Crippen LogP contribution in [0.15, 0.2) is 0 Å². The number of hydrogen-bond donors (Lipinski definition) is 0. The van der Waals surface area contributed by atoms with Crippen LogP contribution in [0.5, 0.6) is 0 Å². The van der Waals surface area contributed by atoms with E-state index < -0.39 is 0 Å². The summed E-state index contributed by atoms with van der Waals surface area (Å²) in [5.74, 6) is 6.43. The van der Waals surface area contributed by atoms with Gasteiger partial charge in [-0.3, -0.25) is 4.90 Å². The topological polar surface area (TPSA) is 6.48 Å². The molecule has 0 amide bonds. The molecule has 0 aromatic carbocycles. The van der Waals surface area contributed by atoms with Crippen molar-refractivity contribution >= 4 is 0 Å². The molecule has 0 aromatic rings. The van der Waals surface area contributed by atoms with Crippen LogP contribution < -0.4 is 0 Å². The standard InChI is InChI=1S/C15H26N2.C2H6/c1-3-5-6-10-16-11-7-15(8-12-16)13-17(14-15)9-4-2;1-2/h3-4,7-14H2,1-2H3;1-2H3. The molecule has 0 aliphatic carbocycles. The van der Waals surface area contributed by atoms with E-state index in [-0.39, 0.29) is 0 Å². The molecule has 1 spiro atoms. The summed E-state index contributed by atoms with van der Waals surface area (Å²) in [6.45, 7) is 15.9. The zero-order valence-electron chi connectivity index (χ0n) is 13.5. The zero-order chi connectivity index (χ0) is 14.1. The Morgan fingerprint density at radius 1 is 0.947 bits per heavy atom. The van der Waals surface area contributed by atoms with Gasteiger partial charge >= 0.3 is 0 Å². The van der Waals surface area contributed by atoms with Crippen LogP contribution in [0.3, 0.4) is 0 Å². The fourth-order valence-electron chi connectivity index (χ4n) is 3.17. The second kappa shape index (κ2) is 8.61. The quantitative estimate of drug-likeness (QED) is 0.722. The molecule has 0 bridgehead atoms. The van der Waals surface area contributed by atoms with E-state index in [2.05, 4.69) is 35.5 Å². The highest BCUT2D eigenvalue weighted by Crippen LogP contribution is 2.40. The van der Waals surface area contributed by atoms with Gasteiger partial charge in [-0.05, 0) is 44.3 Å². The largest absolute Gasteiger partial charge is 0.302 e. The maximum atomic E-state index is 3.26. The van der Waals surface area contributed by atoms with Crippen molar-refractivity contribution in [2.45, 2.75) is 53.4 Å². The first kappa shape index (κ1) is 16.5. The van der Waals surface area contributed by atoms with Gasteiger partial charge in [0, 0.05) is 19.5 Å². The molecule has 0 aromatic heterocycles. The van der Waals surface area contributed by atoms with Gasteiger partial charge in [0.15, 0.2) is 0 Å². The molecule has 2 fully saturated rings. The van der Waals surface area contributed by atoms with E-state index in [1.54, 1.807) is 0 Å². The summed E-state index contributed by atoms with van der Waals surface area (Å²) in [5, 5.41) is 0. The van der Waals surface area contributed by atoms with E-state index in [0.29, 0.717) is 5.41 Å². The molecule has 0 unspecified atom stereocenters. The summed E-state index contributed by atoms with van der Waals surface area (Å²) in [5.41, 5.74) is 0.684. The Morgan fingerprint density at radius 2 is 1.58 bits per heavy atom. The lowest BCUT2D eigenvalue weighted by molar-refractivity contribution is -0.0438. The summed E-state index contributed by atoms with van der Waals surface area (Å²) in [7, 11) is 0. The van der Waals surface area contributed by atoms with Crippen LogP contribution >= 0.6 is 0 Å². The van der Waals surface area contributed by atoms with Crippen molar-refractivity contribution < 1.29 is 0 Å². The van der Waals surface area contributed by atoms with Crippen molar-refractivity contribution in [1.29, 1.82) is 0 Å². The Morgan fingerprint density at radius 3 is 2.11 bits per heavy atom. The van der Waals surface area contributed by atoms with E-state index in [4.69, 9.17) is 0 Å². The van der Waals surface area contributed by atoms with Crippen LogP contribution in [0, 0.1) is 17.3 Å². The smallest absolute Gasteiger partial charge is 0.0601 e. The lowest BCUT2D eigenvalue weighted by Crippen LogP contribution is -2.60. The average molecular weight is 264 g/mol. The Bertz CT molecular complexity index is 284. The molecule has 19 heavy (non-hydrogen) atoms. The van der Waals surface area contributed by atoms with Gasteiger partial charge in [0.1, 0.15) is 0 Å². The molecule has 2 rings (SSSR count). The van der Waals surface area contributed by atoms with Gasteiger partial charge in [-0.2, -0.15) is 0 Å². The highest BCUT2D eigenvalue weighted by Gasteiger charge is 2.43. The van der Waals surface area contributed by atoms with Gasteiger partial charge < -0.3 is 4.90 Å². The van der Waals surface area contributed by atoms with Crippen LogP contribution in [0.25, 0.3) is 0 Å². The van der Waals surface area contributed by atoms with Gasteiger partial charge in [-0.15, -0.1) is 5.92 Å². The highest BCUT2D eigenvalue weighted by molar-refractivity contribution is 5.03. The number of rotatable bonds is 3. The van der Waals surface area contributed by atoms with Crippen LogP contribution in [-0.2, 0) is 0 Å². The summed E-state index contributed by atoms with van der Waals surface area (Å²) in [6.07, 6.45) is 5.07. The Kier molecular flexibility index (Phi) is 7.49. The maximum absolute atomic E-state index is 3.26. The molecule has 0 atom stereocenters. The number of nitrogens with zero attached hydrogens (tertiary/aromatic N) is 2. The molecular weight excluding hydrogens is 232 g/mol. The van der Waals surface area contributed by atoms with Gasteiger partial charge in [-0.25, -0.2) is 0 Å². The monoisotopic (exact) mass is 264 g/mol. The number of piperidine rings is 1. The van der Waals surface area contributed by atoms with E-state index in [1.807, 2.05) is 13.8 Å². The minimum atomic E-state index is 0.684. The van der Waals surface area contributed by atoms with Crippen molar-refractivity contribution in [3.63, 3.8) is 0 Å². The summed E-state index contributed by atoms with van der Waals surface area (Å²) in [6, 6.07) is 0. The fraction of sp³-hybridized carbons (Fsp3) is 0.882. The molecule has 0 N–H and O–H groups in total. The van der Waals surface area contributed by atoms with Crippen LogP contribution in [0.4, 0.5) is 0 Å². The van der Waals surface area contributed by atoms with E-state index in [0.717, 1.165) is 13.0 Å². The Hall–Kier alpha value is -0.520. The predicted molar refractivity (Wildman–Crippen MR) is 84.3 cm³/mol. The molecule has 2 aliphatic heterocycles. The zero-order valence-corrected chi connectivity index (χ0v) is 13.5.